The Bertz CT molecular complexity index is 220. The molecule has 0 unspecified atom stereocenters. The lowest BCUT2D eigenvalue weighted by atomic mass is 10.4. The topological polar surface area (TPSA) is 45.6 Å². The molecule has 0 aliphatic heterocycles. The highest BCUT2D eigenvalue weighted by molar-refractivity contribution is 14.0. The van der Waals surface area contributed by atoms with Gasteiger partial charge in [-0.3, -0.25) is 4.99 Å². The van der Waals surface area contributed by atoms with E-state index in [-0.39, 0.29) is 24.0 Å². The van der Waals surface area contributed by atoms with E-state index in [2.05, 4.69) is 29.5 Å². The Hall–Kier alpha value is -0.0400. The molecule has 0 radical (unpaired) electrons. The molecule has 1 saturated carbocycles. The van der Waals surface area contributed by atoms with Crippen LogP contribution in [0.25, 0.3) is 0 Å². The largest absolute Gasteiger partial charge is 0.380 e. The van der Waals surface area contributed by atoms with Crippen molar-refractivity contribution in [3.8, 4) is 0 Å². The van der Waals surface area contributed by atoms with E-state index < -0.39 is 0 Å². The second-order valence-electron chi connectivity index (χ2n) is 4.56. The Kier molecular flexibility index (Phi) is 12.0. The second-order valence-corrected chi connectivity index (χ2v) is 4.56. The van der Waals surface area contributed by atoms with Crippen LogP contribution in [0.3, 0.4) is 0 Å². The molecule has 0 aromatic rings. The van der Waals surface area contributed by atoms with Crippen molar-refractivity contribution in [1.29, 1.82) is 0 Å². The molecule has 0 aromatic heterocycles. The smallest absolute Gasteiger partial charge is 0.191 e. The Morgan fingerprint density at radius 3 is 2.61 bits per heavy atom. The number of guanidine groups is 1. The first-order chi connectivity index (χ1) is 8.36. The lowest BCUT2D eigenvalue weighted by molar-refractivity contribution is 0.136. The van der Waals surface area contributed by atoms with Gasteiger partial charge in [-0.1, -0.05) is 13.3 Å². The van der Waals surface area contributed by atoms with E-state index in [4.69, 9.17) is 4.74 Å². The van der Waals surface area contributed by atoms with E-state index in [1.165, 1.54) is 19.3 Å². The van der Waals surface area contributed by atoms with Gasteiger partial charge >= 0.3 is 0 Å². The average Bonchev–Trinajstić information content (AvgIpc) is 3.14. The number of unbranched alkanes of at least 4 members (excludes halogenated alkanes) is 1. The third-order valence-electron chi connectivity index (χ3n) is 2.73. The summed E-state index contributed by atoms with van der Waals surface area (Å²) in [5.41, 5.74) is 0. The van der Waals surface area contributed by atoms with Crippen LogP contribution in [0.15, 0.2) is 4.99 Å². The zero-order chi connectivity index (χ0) is 12.3. The standard InChI is InChI=1S/C13H27N3O.HI/c1-3-5-9-17-10-8-15-13(14-4-2)16-11-12-6-7-12;/h12H,3-11H2,1-2H3,(H2,14,15,16);1H. The zero-order valence-electron chi connectivity index (χ0n) is 11.7. The molecule has 0 aromatic carbocycles. The van der Waals surface area contributed by atoms with Gasteiger partial charge in [0.05, 0.1) is 6.61 Å². The molecular formula is C13H28IN3O. The number of rotatable bonds is 9. The van der Waals surface area contributed by atoms with E-state index in [0.717, 1.165) is 51.1 Å². The fourth-order valence-electron chi connectivity index (χ4n) is 1.45. The van der Waals surface area contributed by atoms with E-state index in [1.54, 1.807) is 0 Å². The average molecular weight is 369 g/mol. The lowest BCUT2D eigenvalue weighted by Gasteiger charge is -2.11. The predicted octanol–water partition coefficient (Wildman–Crippen LogP) is 2.39. The first-order valence-corrected chi connectivity index (χ1v) is 6.96. The van der Waals surface area contributed by atoms with Gasteiger partial charge in [-0.05, 0) is 32.1 Å². The molecule has 2 N–H and O–H groups in total. The number of nitrogens with zero attached hydrogens (tertiary/aromatic N) is 1. The van der Waals surface area contributed by atoms with Crippen molar-refractivity contribution in [2.45, 2.75) is 39.5 Å². The molecule has 1 aliphatic rings. The van der Waals surface area contributed by atoms with Gasteiger partial charge in [0.2, 0.25) is 0 Å². The molecule has 1 aliphatic carbocycles. The number of aliphatic imine (C=N–C) groups is 1. The van der Waals surface area contributed by atoms with Crippen molar-refractivity contribution in [2.24, 2.45) is 10.9 Å². The highest BCUT2D eigenvalue weighted by Gasteiger charge is 2.20. The molecule has 0 bridgehead atoms. The summed E-state index contributed by atoms with van der Waals surface area (Å²) in [5.74, 6) is 1.77. The summed E-state index contributed by atoms with van der Waals surface area (Å²) in [6.07, 6.45) is 5.04. The van der Waals surface area contributed by atoms with Crippen LogP contribution in [0.5, 0.6) is 0 Å². The Balaban J connectivity index is 0.00000289. The molecule has 1 fully saturated rings. The first kappa shape index (κ1) is 18.0. The van der Waals surface area contributed by atoms with Gasteiger partial charge in [0, 0.05) is 26.2 Å². The molecule has 108 valence electrons. The van der Waals surface area contributed by atoms with Gasteiger partial charge in [0.15, 0.2) is 5.96 Å². The summed E-state index contributed by atoms with van der Waals surface area (Å²) in [7, 11) is 0. The molecule has 1 rings (SSSR count). The van der Waals surface area contributed by atoms with E-state index in [1.807, 2.05) is 0 Å². The minimum Gasteiger partial charge on any atom is -0.380 e. The minimum absolute atomic E-state index is 0. The number of hydrogen-bond acceptors (Lipinski definition) is 2. The second kappa shape index (κ2) is 12.0. The third-order valence-corrected chi connectivity index (χ3v) is 2.73. The van der Waals surface area contributed by atoms with E-state index >= 15 is 0 Å². The number of nitrogens with one attached hydrogen (secondary N) is 2. The van der Waals surface area contributed by atoms with Gasteiger partial charge in [-0.2, -0.15) is 0 Å². The normalized spacial score (nSPS) is 15.1. The molecule has 5 heteroatoms. The van der Waals surface area contributed by atoms with E-state index in [9.17, 15) is 0 Å². The van der Waals surface area contributed by atoms with Crippen molar-refractivity contribution >= 4 is 29.9 Å². The van der Waals surface area contributed by atoms with Crippen molar-refractivity contribution in [3.05, 3.63) is 0 Å². The fourth-order valence-corrected chi connectivity index (χ4v) is 1.45. The Morgan fingerprint density at radius 1 is 1.22 bits per heavy atom. The number of ether oxygens (including phenoxy) is 1. The van der Waals surface area contributed by atoms with Crippen molar-refractivity contribution < 1.29 is 4.74 Å². The maximum atomic E-state index is 5.50. The van der Waals surface area contributed by atoms with Crippen molar-refractivity contribution in [1.82, 2.24) is 10.6 Å². The summed E-state index contributed by atoms with van der Waals surface area (Å²) >= 11 is 0. The van der Waals surface area contributed by atoms with Crippen molar-refractivity contribution in [3.63, 3.8) is 0 Å². The van der Waals surface area contributed by atoms with Gasteiger partial charge in [0.25, 0.3) is 0 Å². The van der Waals surface area contributed by atoms with Gasteiger partial charge in [0.1, 0.15) is 0 Å². The van der Waals surface area contributed by atoms with Crippen LogP contribution in [0, 0.1) is 5.92 Å². The molecule has 0 atom stereocenters. The van der Waals surface area contributed by atoms with Crippen LogP contribution in [0.4, 0.5) is 0 Å². The highest BCUT2D eigenvalue weighted by Crippen LogP contribution is 2.28. The molecule has 0 amide bonds. The van der Waals surface area contributed by atoms with Crippen LogP contribution >= 0.6 is 24.0 Å². The minimum atomic E-state index is 0. The lowest BCUT2D eigenvalue weighted by Crippen LogP contribution is -2.39. The fraction of sp³-hybridized carbons (Fsp3) is 0.923. The number of halogens is 1. The van der Waals surface area contributed by atoms with E-state index in [0.29, 0.717) is 0 Å². The molecule has 0 saturated heterocycles. The maximum Gasteiger partial charge on any atom is 0.191 e. The van der Waals surface area contributed by atoms with Gasteiger partial charge in [-0.25, -0.2) is 0 Å². The summed E-state index contributed by atoms with van der Waals surface area (Å²) in [6.45, 7) is 8.60. The van der Waals surface area contributed by atoms with Crippen LogP contribution in [-0.2, 0) is 4.74 Å². The molecule has 0 spiro atoms. The Labute approximate surface area is 128 Å². The molecule has 4 nitrogen and oxygen atoms in total. The summed E-state index contributed by atoms with van der Waals surface area (Å²) in [5, 5.41) is 6.55. The SMILES string of the molecule is CCCCOCCNC(=NCC1CC1)NCC.I. The number of hydrogen-bond donors (Lipinski definition) is 2. The van der Waals surface area contributed by atoms with Gasteiger partial charge < -0.3 is 15.4 Å². The quantitative estimate of drug-likeness (QED) is 0.284. The zero-order valence-corrected chi connectivity index (χ0v) is 14.0. The summed E-state index contributed by atoms with van der Waals surface area (Å²) in [6, 6.07) is 0. The van der Waals surface area contributed by atoms with Crippen LogP contribution in [0.2, 0.25) is 0 Å². The van der Waals surface area contributed by atoms with Crippen LogP contribution < -0.4 is 10.6 Å². The molecule has 0 heterocycles. The summed E-state index contributed by atoms with van der Waals surface area (Å²) in [4.78, 5) is 4.55. The molecule has 18 heavy (non-hydrogen) atoms. The predicted molar refractivity (Wildman–Crippen MR) is 87.8 cm³/mol. The van der Waals surface area contributed by atoms with Crippen LogP contribution in [-0.4, -0.2) is 38.8 Å². The first-order valence-electron chi connectivity index (χ1n) is 6.96. The highest BCUT2D eigenvalue weighted by atomic mass is 127. The van der Waals surface area contributed by atoms with Crippen molar-refractivity contribution in [2.75, 3.05) is 32.8 Å². The Morgan fingerprint density at radius 2 is 2.00 bits per heavy atom. The van der Waals surface area contributed by atoms with Crippen LogP contribution in [0.1, 0.15) is 39.5 Å². The molecular weight excluding hydrogens is 341 g/mol. The monoisotopic (exact) mass is 369 g/mol. The summed E-state index contributed by atoms with van der Waals surface area (Å²) < 4.78 is 5.50. The maximum absolute atomic E-state index is 5.50. The third kappa shape index (κ3) is 9.94. The van der Waals surface area contributed by atoms with Gasteiger partial charge in [-0.15, -0.1) is 24.0 Å².